The maximum absolute atomic E-state index is 6.05. The summed E-state index contributed by atoms with van der Waals surface area (Å²) in [6.07, 6.45) is 13.3. The monoisotopic (exact) mass is 222 g/mol. The van der Waals surface area contributed by atoms with Gasteiger partial charge in [0.2, 0.25) is 0 Å². The highest BCUT2D eigenvalue weighted by atomic mass is 16.5. The lowest BCUT2D eigenvalue weighted by molar-refractivity contribution is 0.00522. The van der Waals surface area contributed by atoms with Crippen molar-refractivity contribution in [1.29, 1.82) is 0 Å². The first kappa shape index (κ1) is 12.2. The van der Waals surface area contributed by atoms with E-state index in [4.69, 9.17) is 4.74 Å². The first-order valence-electron chi connectivity index (χ1n) is 7.04. The third-order valence-corrected chi connectivity index (χ3v) is 4.21. The summed E-state index contributed by atoms with van der Waals surface area (Å²) in [6.45, 7) is 5.62. The topological polar surface area (TPSA) is 9.23 Å². The normalized spacial score (nSPS) is 39.9. The van der Waals surface area contributed by atoms with Gasteiger partial charge in [-0.05, 0) is 50.4 Å². The van der Waals surface area contributed by atoms with Crippen molar-refractivity contribution < 1.29 is 4.74 Å². The highest BCUT2D eigenvalue weighted by Crippen LogP contribution is 2.27. The molecule has 0 heterocycles. The van der Waals surface area contributed by atoms with E-state index in [-0.39, 0.29) is 0 Å². The number of rotatable bonds is 3. The van der Waals surface area contributed by atoms with Crippen molar-refractivity contribution in [3.63, 3.8) is 0 Å². The molecule has 0 saturated heterocycles. The van der Waals surface area contributed by atoms with Gasteiger partial charge in [0.25, 0.3) is 0 Å². The zero-order valence-electron chi connectivity index (χ0n) is 10.8. The van der Waals surface area contributed by atoms with Gasteiger partial charge in [0, 0.05) is 5.92 Å². The zero-order chi connectivity index (χ0) is 11.4. The van der Waals surface area contributed by atoms with Crippen LogP contribution in [0.4, 0.5) is 0 Å². The van der Waals surface area contributed by atoms with E-state index >= 15 is 0 Å². The van der Waals surface area contributed by atoms with Crippen LogP contribution in [0.3, 0.4) is 0 Å². The van der Waals surface area contributed by atoms with E-state index in [1.165, 1.54) is 38.5 Å². The lowest BCUT2D eigenvalue weighted by Gasteiger charge is -2.28. The van der Waals surface area contributed by atoms with Crippen molar-refractivity contribution in [1.82, 2.24) is 0 Å². The number of hydrogen-bond acceptors (Lipinski definition) is 1. The van der Waals surface area contributed by atoms with Crippen LogP contribution < -0.4 is 0 Å². The van der Waals surface area contributed by atoms with Gasteiger partial charge in [0.05, 0.1) is 12.7 Å². The van der Waals surface area contributed by atoms with E-state index in [0.29, 0.717) is 12.0 Å². The number of allylic oxidation sites excluding steroid dienone is 1. The van der Waals surface area contributed by atoms with Crippen LogP contribution in [0.1, 0.15) is 52.4 Å². The van der Waals surface area contributed by atoms with Crippen molar-refractivity contribution in [3.8, 4) is 0 Å². The van der Waals surface area contributed by atoms with E-state index < -0.39 is 0 Å². The van der Waals surface area contributed by atoms with Crippen molar-refractivity contribution in [2.45, 2.75) is 58.5 Å². The highest BCUT2D eigenvalue weighted by molar-refractivity contribution is 4.96. The Morgan fingerprint density at radius 2 is 1.69 bits per heavy atom. The van der Waals surface area contributed by atoms with Crippen LogP contribution in [0.2, 0.25) is 0 Å². The highest BCUT2D eigenvalue weighted by Gasteiger charge is 2.20. The molecule has 2 aliphatic carbocycles. The molecule has 0 aliphatic heterocycles. The fraction of sp³-hybridized carbons (Fsp3) is 0.867. The predicted octanol–water partition coefficient (Wildman–Crippen LogP) is 4.18. The molecule has 0 amide bonds. The Kier molecular flexibility index (Phi) is 4.45. The Balaban J connectivity index is 1.66. The van der Waals surface area contributed by atoms with Crippen molar-refractivity contribution in [2.24, 2.45) is 17.8 Å². The molecule has 1 fully saturated rings. The summed E-state index contributed by atoms with van der Waals surface area (Å²) in [6, 6.07) is 0. The van der Waals surface area contributed by atoms with Gasteiger partial charge in [-0.15, -0.1) is 0 Å². The fourth-order valence-electron chi connectivity index (χ4n) is 2.81. The van der Waals surface area contributed by atoms with E-state index in [1.807, 2.05) is 0 Å². The molecule has 0 bridgehead atoms. The van der Waals surface area contributed by atoms with Gasteiger partial charge >= 0.3 is 0 Å². The smallest absolute Gasteiger partial charge is 0.0575 e. The lowest BCUT2D eigenvalue weighted by Crippen LogP contribution is -2.23. The molecule has 2 rings (SSSR count). The standard InChI is InChI=1S/C15H26O/c1-12-3-7-14(8-4-12)11-16-15-9-5-13(2)6-10-15/h3,7,12-15H,4-6,8-11H2,1-2H3. The third-order valence-electron chi connectivity index (χ3n) is 4.21. The maximum Gasteiger partial charge on any atom is 0.0575 e. The minimum absolute atomic E-state index is 0.559. The van der Waals surface area contributed by atoms with Crippen LogP contribution in [0.15, 0.2) is 12.2 Å². The Bertz CT molecular complexity index is 226. The van der Waals surface area contributed by atoms with Crippen LogP contribution in [0.25, 0.3) is 0 Å². The SMILES string of the molecule is CC1C=CC(COC2CCC(C)CC2)CC1. The van der Waals surface area contributed by atoms with Crippen LogP contribution in [-0.4, -0.2) is 12.7 Å². The Labute approximate surface area is 100 Å². The Morgan fingerprint density at radius 3 is 2.31 bits per heavy atom. The van der Waals surface area contributed by atoms with Gasteiger partial charge in [0.1, 0.15) is 0 Å². The number of ether oxygens (including phenoxy) is 1. The Hall–Kier alpha value is -0.300. The van der Waals surface area contributed by atoms with Crippen molar-refractivity contribution >= 4 is 0 Å². The first-order valence-corrected chi connectivity index (χ1v) is 7.04. The van der Waals surface area contributed by atoms with Crippen molar-refractivity contribution in [2.75, 3.05) is 6.61 Å². The van der Waals surface area contributed by atoms with E-state index in [0.717, 1.165) is 18.4 Å². The van der Waals surface area contributed by atoms with Crippen LogP contribution in [-0.2, 0) is 4.74 Å². The second-order valence-electron chi connectivity index (χ2n) is 5.91. The molecular weight excluding hydrogens is 196 g/mol. The lowest BCUT2D eigenvalue weighted by atomic mass is 9.88. The molecular formula is C15H26O. The van der Waals surface area contributed by atoms with Gasteiger partial charge in [-0.25, -0.2) is 0 Å². The van der Waals surface area contributed by atoms with Crippen molar-refractivity contribution in [3.05, 3.63) is 12.2 Å². The number of hydrogen-bond donors (Lipinski definition) is 0. The molecule has 0 spiro atoms. The third kappa shape index (κ3) is 3.62. The first-order chi connectivity index (χ1) is 7.74. The summed E-state index contributed by atoms with van der Waals surface area (Å²) in [5.41, 5.74) is 0. The van der Waals surface area contributed by atoms with Crippen LogP contribution >= 0.6 is 0 Å². The summed E-state index contributed by atoms with van der Waals surface area (Å²) in [5, 5.41) is 0. The summed E-state index contributed by atoms with van der Waals surface area (Å²) in [7, 11) is 0. The molecule has 92 valence electrons. The average Bonchev–Trinajstić information content (AvgIpc) is 2.30. The van der Waals surface area contributed by atoms with E-state index in [2.05, 4.69) is 26.0 Å². The predicted molar refractivity (Wildman–Crippen MR) is 68.4 cm³/mol. The van der Waals surface area contributed by atoms with Gasteiger partial charge in [0.15, 0.2) is 0 Å². The van der Waals surface area contributed by atoms with Gasteiger partial charge in [-0.1, -0.05) is 26.0 Å². The molecule has 0 aromatic rings. The summed E-state index contributed by atoms with van der Waals surface area (Å²) in [5.74, 6) is 2.40. The molecule has 0 aromatic carbocycles. The maximum atomic E-state index is 6.05. The summed E-state index contributed by atoms with van der Waals surface area (Å²) < 4.78 is 6.05. The van der Waals surface area contributed by atoms with Gasteiger partial charge in [-0.3, -0.25) is 0 Å². The average molecular weight is 222 g/mol. The molecule has 2 aliphatic rings. The Morgan fingerprint density at radius 1 is 0.938 bits per heavy atom. The largest absolute Gasteiger partial charge is 0.378 e. The second kappa shape index (κ2) is 5.86. The molecule has 2 atom stereocenters. The molecule has 0 aromatic heterocycles. The summed E-state index contributed by atoms with van der Waals surface area (Å²) in [4.78, 5) is 0. The van der Waals surface area contributed by atoms with E-state index in [9.17, 15) is 0 Å². The molecule has 16 heavy (non-hydrogen) atoms. The van der Waals surface area contributed by atoms with Gasteiger partial charge < -0.3 is 4.74 Å². The molecule has 2 unspecified atom stereocenters. The van der Waals surface area contributed by atoms with Gasteiger partial charge in [-0.2, -0.15) is 0 Å². The van der Waals surface area contributed by atoms with Crippen LogP contribution in [0.5, 0.6) is 0 Å². The second-order valence-corrected chi connectivity index (χ2v) is 5.91. The fourth-order valence-corrected chi connectivity index (χ4v) is 2.81. The molecule has 0 radical (unpaired) electrons. The minimum Gasteiger partial charge on any atom is -0.378 e. The summed E-state index contributed by atoms with van der Waals surface area (Å²) >= 11 is 0. The molecule has 1 nitrogen and oxygen atoms in total. The minimum atomic E-state index is 0.559. The zero-order valence-corrected chi connectivity index (χ0v) is 10.8. The molecule has 1 heteroatoms. The molecule has 0 N–H and O–H groups in total. The molecule has 1 saturated carbocycles. The van der Waals surface area contributed by atoms with E-state index in [1.54, 1.807) is 0 Å². The van der Waals surface area contributed by atoms with Crippen LogP contribution in [0, 0.1) is 17.8 Å². The quantitative estimate of drug-likeness (QED) is 0.651.